The third kappa shape index (κ3) is 4.59. The molecule has 1 aliphatic rings. The van der Waals surface area contributed by atoms with Crippen LogP contribution in [0.1, 0.15) is 51.3 Å². The topological polar surface area (TPSA) is 88.4 Å². The number of benzene rings is 1. The summed E-state index contributed by atoms with van der Waals surface area (Å²) in [6.45, 7) is 0.600. The third-order valence-corrected chi connectivity index (χ3v) is 4.48. The second-order valence-corrected chi connectivity index (χ2v) is 6.34. The van der Waals surface area contributed by atoms with Crippen molar-refractivity contribution in [3.05, 3.63) is 59.0 Å². The Morgan fingerprint density at radius 3 is 2.58 bits per heavy atom. The van der Waals surface area contributed by atoms with Crippen LogP contribution in [0.4, 0.5) is 0 Å². The summed E-state index contributed by atoms with van der Waals surface area (Å²) in [5.74, 6) is -0.306. The van der Waals surface area contributed by atoms with Gasteiger partial charge in [-0.3, -0.25) is 14.4 Å². The summed E-state index contributed by atoms with van der Waals surface area (Å²) < 4.78 is 4.97. The fourth-order valence-electron chi connectivity index (χ4n) is 3.08. The summed E-state index contributed by atoms with van der Waals surface area (Å²) in [4.78, 5) is 35.7. The van der Waals surface area contributed by atoms with E-state index in [2.05, 4.69) is 10.6 Å². The van der Waals surface area contributed by atoms with Crippen LogP contribution in [0.5, 0.6) is 0 Å². The Balaban J connectivity index is 1.35. The fraction of sp³-hybridized carbons (Fsp3) is 0.350. The molecule has 0 saturated carbocycles. The van der Waals surface area contributed by atoms with Gasteiger partial charge in [-0.15, -0.1) is 0 Å². The van der Waals surface area contributed by atoms with Gasteiger partial charge in [0.25, 0.3) is 5.91 Å². The molecule has 0 aliphatic heterocycles. The molecule has 2 N–H and O–H groups in total. The van der Waals surface area contributed by atoms with Crippen molar-refractivity contribution in [1.82, 2.24) is 10.6 Å². The van der Waals surface area contributed by atoms with Crippen molar-refractivity contribution in [3.8, 4) is 0 Å². The van der Waals surface area contributed by atoms with Gasteiger partial charge in [-0.2, -0.15) is 0 Å². The van der Waals surface area contributed by atoms with Crippen LogP contribution in [0, 0.1) is 0 Å². The molecule has 26 heavy (non-hydrogen) atoms. The van der Waals surface area contributed by atoms with Gasteiger partial charge in [-0.25, -0.2) is 0 Å². The first kappa shape index (κ1) is 17.9. The zero-order chi connectivity index (χ0) is 18.4. The van der Waals surface area contributed by atoms with Crippen molar-refractivity contribution in [2.45, 2.75) is 32.1 Å². The van der Waals surface area contributed by atoms with E-state index in [1.165, 1.54) is 17.4 Å². The monoisotopic (exact) mass is 354 g/mol. The van der Waals surface area contributed by atoms with Crippen molar-refractivity contribution in [2.24, 2.45) is 0 Å². The highest BCUT2D eigenvalue weighted by atomic mass is 16.3. The molecule has 1 aromatic heterocycles. The van der Waals surface area contributed by atoms with Crippen LogP contribution in [0.25, 0.3) is 0 Å². The highest BCUT2D eigenvalue weighted by Gasteiger charge is 2.15. The number of carbonyl (C=O) groups excluding carboxylic acids is 3. The molecule has 1 aromatic carbocycles. The predicted molar refractivity (Wildman–Crippen MR) is 96.1 cm³/mol. The van der Waals surface area contributed by atoms with Gasteiger partial charge in [0.1, 0.15) is 0 Å². The molecule has 3 rings (SSSR count). The van der Waals surface area contributed by atoms with Gasteiger partial charge in [0.2, 0.25) is 5.91 Å². The van der Waals surface area contributed by atoms with E-state index in [0.29, 0.717) is 18.7 Å². The molecule has 0 saturated heterocycles. The Morgan fingerprint density at radius 1 is 0.962 bits per heavy atom. The maximum atomic E-state index is 12.3. The minimum atomic E-state index is -0.323. The van der Waals surface area contributed by atoms with Crippen molar-refractivity contribution in [2.75, 3.05) is 13.1 Å². The molecule has 0 spiro atoms. The maximum Gasteiger partial charge on any atom is 0.287 e. The largest absolute Gasteiger partial charge is 0.459 e. The minimum absolute atomic E-state index is 0.0130. The third-order valence-electron chi connectivity index (χ3n) is 4.48. The predicted octanol–water partition coefficient (Wildman–Crippen LogP) is 2.28. The minimum Gasteiger partial charge on any atom is -0.459 e. The van der Waals surface area contributed by atoms with Gasteiger partial charge >= 0.3 is 0 Å². The lowest BCUT2D eigenvalue weighted by Crippen LogP contribution is -2.34. The van der Waals surface area contributed by atoms with Gasteiger partial charge in [0.05, 0.1) is 6.26 Å². The molecule has 0 radical (unpaired) electrons. The summed E-state index contributed by atoms with van der Waals surface area (Å²) >= 11 is 0. The van der Waals surface area contributed by atoms with E-state index >= 15 is 0 Å². The van der Waals surface area contributed by atoms with E-state index < -0.39 is 0 Å². The highest BCUT2D eigenvalue weighted by molar-refractivity contribution is 5.98. The van der Waals surface area contributed by atoms with Crippen LogP contribution in [0.15, 0.2) is 41.0 Å². The maximum absolute atomic E-state index is 12.3. The zero-order valence-corrected chi connectivity index (χ0v) is 14.5. The lowest BCUT2D eigenvalue weighted by molar-refractivity contribution is -0.121. The molecule has 0 unspecified atom stereocenters. The van der Waals surface area contributed by atoms with Gasteiger partial charge < -0.3 is 15.1 Å². The molecule has 6 nitrogen and oxygen atoms in total. The number of rotatable bonds is 8. The number of nitrogens with one attached hydrogen (secondary N) is 2. The smallest absolute Gasteiger partial charge is 0.287 e. The second kappa shape index (κ2) is 8.47. The zero-order valence-electron chi connectivity index (χ0n) is 14.5. The standard InChI is InChI=1S/C20H22N2O4/c23-17(16-7-6-14-3-1-4-15(14)13-16)8-9-19(24)21-10-11-22-20(25)18-5-2-12-26-18/h2,5-7,12-13H,1,3-4,8-11H2,(H,21,24)(H,22,25). The molecule has 2 amide bonds. The van der Waals surface area contributed by atoms with E-state index in [0.717, 1.165) is 19.3 Å². The molecule has 1 aliphatic carbocycles. The SMILES string of the molecule is O=C(CCC(=O)c1ccc2c(c1)CCC2)NCCNC(=O)c1ccco1. The number of aryl methyl sites for hydroxylation is 2. The summed E-state index contributed by atoms with van der Waals surface area (Å²) in [6.07, 6.45) is 5.01. The van der Waals surface area contributed by atoms with E-state index in [9.17, 15) is 14.4 Å². The van der Waals surface area contributed by atoms with Gasteiger partial charge in [-0.05, 0) is 48.6 Å². The van der Waals surface area contributed by atoms with Crippen LogP contribution in [-0.2, 0) is 17.6 Å². The highest BCUT2D eigenvalue weighted by Crippen LogP contribution is 2.23. The van der Waals surface area contributed by atoms with Gasteiger partial charge in [0, 0.05) is 31.5 Å². The normalized spacial score (nSPS) is 12.5. The quantitative estimate of drug-likeness (QED) is 0.562. The van der Waals surface area contributed by atoms with Gasteiger partial charge in [-0.1, -0.05) is 12.1 Å². The second-order valence-electron chi connectivity index (χ2n) is 6.34. The van der Waals surface area contributed by atoms with Crippen LogP contribution in [-0.4, -0.2) is 30.7 Å². The van der Waals surface area contributed by atoms with Crippen molar-refractivity contribution in [3.63, 3.8) is 0 Å². The molecule has 136 valence electrons. The number of Topliss-reactive ketones (excluding diaryl/α,β-unsaturated/α-hetero) is 1. The Kier molecular flexibility index (Phi) is 5.84. The van der Waals surface area contributed by atoms with Crippen LogP contribution < -0.4 is 10.6 Å². The van der Waals surface area contributed by atoms with Crippen molar-refractivity contribution >= 4 is 17.6 Å². The van der Waals surface area contributed by atoms with E-state index in [1.807, 2.05) is 18.2 Å². The molecular formula is C20H22N2O4. The first-order valence-electron chi connectivity index (χ1n) is 8.87. The Morgan fingerprint density at radius 2 is 1.77 bits per heavy atom. The van der Waals surface area contributed by atoms with Crippen molar-refractivity contribution < 1.29 is 18.8 Å². The molecule has 6 heteroatoms. The fourth-order valence-corrected chi connectivity index (χ4v) is 3.08. The van der Waals surface area contributed by atoms with E-state index in [4.69, 9.17) is 4.42 Å². The Labute approximate surface area is 152 Å². The van der Waals surface area contributed by atoms with E-state index in [1.54, 1.807) is 12.1 Å². The average molecular weight is 354 g/mol. The lowest BCUT2D eigenvalue weighted by atomic mass is 10.0. The van der Waals surface area contributed by atoms with Gasteiger partial charge in [0.15, 0.2) is 11.5 Å². The summed E-state index contributed by atoms with van der Waals surface area (Å²) in [5, 5.41) is 5.34. The van der Waals surface area contributed by atoms with E-state index in [-0.39, 0.29) is 36.2 Å². The summed E-state index contributed by atoms with van der Waals surface area (Å²) in [5.41, 5.74) is 3.27. The lowest BCUT2D eigenvalue weighted by Gasteiger charge is -2.07. The van der Waals surface area contributed by atoms with Crippen LogP contribution >= 0.6 is 0 Å². The van der Waals surface area contributed by atoms with Crippen molar-refractivity contribution in [1.29, 1.82) is 0 Å². The molecule has 0 bridgehead atoms. The molecule has 1 heterocycles. The van der Waals surface area contributed by atoms with Crippen LogP contribution in [0.2, 0.25) is 0 Å². The Bertz CT molecular complexity index is 796. The van der Waals surface area contributed by atoms with Crippen LogP contribution in [0.3, 0.4) is 0 Å². The Hall–Kier alpha value is -2.89. The first-order chi connectivity index (χ1) is 12.6. The number of fused-ring (bicyclic) bond motifs is 1. The molecule has 0 atom stereocenters. The number of carbonyl (C=O) groups is 3. The first-order valence-corrected chi connectivity index (χ1v) is 8.87. The molecule has 2 aromatic rings. The number of hydrogen-bond acceptors (Lipinski definition) is 4. The summed E-state index contributed by atoms with van der Waals surface area (Å²) in [7, 11) is 0. The average Bonchev–Trinajstić information content (AvgIpc) is 3.33. The summed E-state index contributed by atoms with van der Waals surface area (Å²) in [6, 6.07) is 9.05. The number of furan rings is 1. The number of ketones is 1. The molecular weight excluding hydrogens is 332 g/mol. The number of hydrogen-bond donors (Lipinski definition) is 2. The number of amides is 2. The molecule has 0 fully saturated rings.